The Hall–Kier alpha value is -1.38. The highest BCUT2D eigenvalue weighted by molar-refractivity contribution is 7.89. The lowest BCUT2D eigenvalue weighted by Crippen LogP contribution is -2.38. The zero-order valence-corrected chi connectivity index (χ0v) is 13.0. The maximum Gasteiger partial charge on any atom is 0.352 e. The minimum atomic E-state index is -3.78. The first kappa shape index (κ1) is 16.7. The molecule has 8 heteroatoms. The number of nitrogens with one attached hydrogen (secondary N) is 1. The molecule has 20 heavy (non-hydrogen) atoms. The normalized spacial score (nSPS) is 13.7. The van der Waals surface area contributed by atoms with Crippen molar-refractivity contribution in [2.24, 2.45) is 0 Å². The van der Waals surface area contributed by atoms with Crippen LogP contribution in [0.15, 0.2) is 4.90 Å². The number of sulfonamides is 1. The largest absolute Gasteiger partial charge is 0.477 e. The third kappa shape index (κ3) is 2.87. The molecular formula is C12H20N2O5S. The topological polar surface area (TPSA) is 99.7 Å². The van der Waals surface area contributed by atoms with Gasteiger partial charge in [-0.25, -0.2) is 13.2 Å². The summed E-state index contributed by atoms with van der Waals surface area (Å²) in [6.07, 6.45) is 0. The highest BCUT2D eigenvalue weighted by Crippen LogP contribution is 2.26. The number of carboxylic acids is 1. The van der Waals surface area contributed by atoms with Gasteiger partial charge in [0.1, 0.15) is 10.6 Å². The molecule has 0 saturated carbocycles. The molecule has 0 saturated heterocycles. The Balaban J connectivity index is 3.33. The molecule has 0 fully saturated rings. The zero-order valence-electron chi connectivity index (χ0n) is 12.2. The van der Waals surface area contributed by atoms with Crippen LogP contribution >= 0.6 is 0 Å². The summed E-state index contributed by atoms with van der Waals surface area (Å²) >= 11 is 0. The van der Waals surface area contributed by atoms with Crippen LogP contribution in [0.4, 0.5) is 0 Å². The van der Waals surface area contributed by atoms with E-state index in [1.54, 1.807) is 13.8 Å². The second-order valence-corrected chi connectivity index (χ2v) is 6.64. The fourth-order valence-corrected chi connectivity index (χ4v) is 3.81. The van der Waals surface area contributed by atoms with Crippen molar-refractivity contribution in [3.8, 4) is 0 Å². The molecule has 1 unspecified atom stereocenters. The van der Waals surface area contributed by atoms with Crippen LogP contribution in [-0.2, 0) is 14.8 Å². The molecule has 1 aromatic rings. The van der Waals surface area contributed by atoms with Crippen molar-refractivity contribution in [1.82, 2.24) is 9.29 Å². The number of nitrogens with zero attached hydrogens (tertiary/aromatic N) is 1. The van der Waals surface area contributed by atoms with Crippen molar-refractivity contribution in [1.29, 1.82) is 0 Å². The van der Waals surface area contributed by atoms with Crippen LogP contribution in [0.25, 0.3) is 0 Å². The first-order valence-electron chi connectivity index (χ1n) is 6.04. The van der Waals surface area contributed by atoms with E-state index in [9.17, 15) is 13.2 Å². The molecule has 114 valence electrons. The molecule has 0 radical (unpaired) electrons. The lowest BCUT2D eigenvalue weighted by molar-refractivity contribution is 0.0690. The quantitative estimate of drug-likeness (QED) is 0.816. The van der Waals surface area contributed by atoms with Gasteiger partial charge in [-0.05, 0) is 20.8 Å². The van der Waals surface area contributed by atoms with Crippen LogP contribution in [0.5, 0.6) is 0 Å². The van der Waals surface area contributed by atoms with E-state index in [0.29, 0.717) is 5.69 Å². The van der Waals surface area contributed by atoms with Gasteiger partial charge in [0, 0.05) is 31.5 Å². The lowest BCUT2D eigenvalue weighted by atomic mass is 10.2. The number of aromatic carboxylic acids is 1. The fraction of sp³-hybridized carbons (Fsp3) is 0.583. The van der Waals surface area contributed by atoms with Gasteiger partial charge in [-0.15, -0.1) is 0 Å². The Morgan fingerprint density at radius 3 is 2.40 bits per heavy atom. The summed E-state index contributed by atoms with van der Waals surface area (Å²) in [6, 6.07) is -0.355. The Morgan fingerprint density at radius 1 is 1.45 bits per heavy atom. The Labute approximate surface area is 118 Å². The van der Waals surface area contributed by atoms with E-state index in [1.807, 2.05) is 0 Å². The first-order chi connectivity index (χ1) is 9.14. The van der Waals surface area contributed by atoms with E-state index < -0.39 is 16.0 Å². The van der Waals surface area contributed by atoms with Gasteiger partial charge in [0.2, 0.25) is 10.0 Å². The van der Waals surface area contributed by atoms with E-state index in [1.165, 1.54) is 25.4 Å². The molecule has 0 spiro atoms. The summed E-state index contributed by atoms with van der Waals surface area (Å²) in [7, 11) is -0.834. The second-order valence-electron chi connectivity index (χ2n) is 4.71. The van der Waals surface area contributed by atoms with Gasteiger partial charge < -0.3 is 14.8 Å². The predicted molar refractivity (Wildman–Crippen MR) is 73.5 cm³/mol. The monoisotopic (exact) mass is 304 g/mol. The number of likely N-dealkylation sites (N-methyl/N-ethyl adjacent to an activating group) is 1. The van der Waals surface area contributed by atoms with Crippen LogP contribution in [0.2, 0.25) is 0 Å². The maximum atomic E-state index is 12.6. The van der Waals surface area contributed by atoms with Gasteiger partial charge in [-0.1, -0.05) is 0 Å². The number of rotatable bonds is 6. The second kappa shape index (κ2) is 5.94. The highest BCUT2D eigenvalue weighted by atomic mass is 32.2. The van der Waals surface area contributed by atoms with E-state index >= 15 is 0 Å². The number of ether oxygens (including phenoxy) is 1. The van der Waals surface area contributed by atoms with Crippen molar-refractivity contribution < 1.29 is 23.1 Å². The molecule has 7 nitrogen and oxygen atoms in total. The molecule has 0 aromatic carbocycles. The third-order valence-corrected chi connectivity index (χ3v) is 5.49. The summed E-state index contributed by atoms with van der Waals surface area (Å²) in [4.78, 5) is 13.7. The summed E-state index contributed by atoms with van der Waals surface area (Å²) < 4.78 is 31.3. The molecule has 0 aliphatic rings. The van der Waals surface area contributed by atoms with Gasteiger partial charge in [0.15, 0.2) is 0 Å². The summed E-state index contributed by atoms with van der Waals surface area (Å²) in [6.45, 7) is 5.00. The number of aryl methyl sites for hydroxylation is 1. The van der Waals surface area contributed by atoms with Gasteiger partial charge >= 0.3 is 5.97 Å². The summed E-state index contributed by atoms with van der Waals surface area (Å²) in [5.41, 5.74) is 0.428. The number of H-pyrrole nitrogens is 1. The molecule has 2 N–H and O–H groups in total. The van der Waals surface area contributed by atoms with Crippen molar-refractivity contribution in [3.63, 3.8) is 0 Å². The predicted octanol–water partition coefficient (Wildman–Crippen LogP) is 0.985. The molecular weight excluding hydrogens is 284 g/mol. The molecule has 1 aromatic heterocycles. The number of methoxy groups -OCH3 is 1. The van der Waals surface area contributed by atoms with Crippen molar-refractivity contribution in [2.75, 3.05) is 20.8 Å². The minimum Gasteiger partial charge on any atom is -0.477 e. The number of hydrogen-bond donors (Lipinski definition) is 2. The van der Waals surface area contributed by atoms with Crippen molar-refractivity contribution in [3.05, 3.63) is 17.0 Å². The number of hydrogen-bond acceptors (Lipinski definition) is 4. The average Bonchev–Trinajstić information content (AvgIpc) is 2.64. The lowest BCUT2D eigenvalue weighted by Gasteiger charge is -2.24. The SMILES string of the molecule is COCC(C)N(C)S(=O)(=O)c1c(C)[nH]c(C(=O)O)c1C. The zero-order chi connectivity index (χ0) is 15.7. The van der Waals surface area contributed by atoms with Gasteiger partial charge in [0.05, 0.1) is 6.61 Å². The standard InChI is InChI=1S/C12H20N2O5S/c1-7(6-19-5)14(4)20(17,18)11-8(2)10(12(15)16)13-9(11)3/h7,13H,6H2,1-5H3,(H,15,16). The van der Waals surface area contributed by atoms with Gasteiger partial charge in [-0.3, -0.25) is 0 Å². The Bertz CT molecular complexity index is 606. The first-order valence-corrected chi connectivity index (χ1v) is 7.48. The minimum absolute atomic E-state index is 0.0142. The summed E-state index contributed by atoms with van der Waals surface area (Å²) in [5.74, 6) is -1.18. The molecule has 0 aliphatic carbocycles. The molecule has 1 heterocycles. The molecule has 1 rings (SSSR count). The van der Waals surface area contributed by atoms with E-state index in [2.05, 4.69) is 4.98 Å². The molecule has 0 amide bonds. The van der Waals surface area contributed by atoms with Gasteiger partial charge in [0.25, 0.3) is 0 Å². The van der Waals surface area contributed by atoms with Crippen LogP contribution in [0.3, 0.4) is 0 Å². The molecule has 0 aliphatic heterocycles. The Morgan fingerprint density at radius 2 is 2.00 bits per heavy atom. The van der Waals surface area contributed by atoms with E-state index in [0.717, 1.165) is 0 Å². The number of carbonyl (C=O) groups is 1. The van der Waals surface area contributed by atoms with Crippen LogP contribution in [0.1, 0.15) is 28.7 Å². The fourth-order valence-electron chi connectivity index (χ4n) is 2.06. The smallest absolute Gasteiger partial charge is 0.352 e. The van der Waals surface area contributed by atoms with Crippen LogP contribution < -0.4 is 0 Å². The molecule has 0 bridgehead atoms. The Kier molecular flexibility index (Phi) is 4.95. The summed E-state index contributed by atoms with van der Waals surface area (Å²) in [5, 5.41) is 9.04. The highest BCUT2D eigenvalue weighted by Gasteiger charge is 2.32. The molecule has 1 atom stereocenters. The van der Waals surface area contributed by atoms with E-state index in [-0.39, 0.29) is 28.8 Å². The maximum absolute atomic E-state index is 12.6. The van der Waals surface area contributed by atoms with Crippen LogP contribution in [-0.4, -0.2) is 55.6 Å². The number of aromatic nitrogens is 1. The number of carboxylic acid groups (broad SMARTS) is 1. The van der Waals surface area contributed by atoms with Crippen LogP contribution in [0, 0.1) is 13.8 Å². The van der Waals surface area contributed by atoms with Crippen molar-refractivity contribution >= 4 is 16.0 Å². The average molecular weight is 304 g/mol. The third-order valence-electron chi connectivity index (χ3n) is 3.25. The van der Waals surface area contributed by atoms with Crippen molar-refractivity contribution in [2.45, 2.75) is 31.7 Å². The van der Waals surface area contributed by atoms with Gasteiger partial charge in [-0.2, -0.15) is 4.31 Å². The number of aromatic amines is 1. The van der Waals surface area contributed by atoms with E-state index in [4.69, 9.17) is 9.84 Å².